The first-order valence-corrected chi connectivity index (χ1v) is 14.4. The smallest absolute Gasteiger partial charge is 0.407 e. The molecule has 0 fully saturated rings. The van der Waals surface area contributed by atoms with Gasteiger partial charge in [-0.2, -0.15) is 0 Å². The van der Waals surface area contributed by atoms with Crippen LogP contribution in [-0.4, -0.2) is 35.4 Å². The average Bonchev–Trinajstić information content (AvgIpc) is 3.61. The third-order valence-electron chi connectivity index (χ3n) is 5.68. The largest absolute Gasteiger partial charge is 0.445 e. The van der Waals surface area contributed by atoms with E-state index in [1.54, 1.807) is 22.7 Å². The number of thiophene rings is 2. The van der Waals surface area contributed by atoms with E-state index in [9.17, 15) is 14.4 Å². The first kappa shape index (κ1) is 28.4. The van der Waals surface area contributed by atoms with Gasteiger partial charge in [0.15, 0.2) is 0 Å². The van der Waals surface area contributed by atoms with Gasteiger partial charge in [0.1, 0.15) is 12.6 Å². The molecule has 0 saturated heterocycles. The predicted molar refractivity (Wildman–Crippen MR) is 148 cm³/mol. The Morgan fingerprint density at radius 2 is 1.59 bits per heavy atom. The molecular weight excluding hydrogens is 506 g/mol. The van der Waals surface area contributed by atoms with Crippen LogP contribution in [0.1, 0.15) is 54.3 Å². The van der Waals surface area contributed by atoms with E-state index in [0.29, 0.717) is 45.3 Å². The highest BCUT2D eigenvalue weighted by Gasteiger charge is 2.26. The van der Waals surface area contributed by atoms with Crippen LogP contribution in [0.2, 0.25) is 0 Å². The monoisotopic (exact) mass is 541 g/mol. The highest BCUT2D eigenvalue weighted by Crippen LogP contribution is 2.19. The van der Waals surface area contributed by atoms with Gasteiger partial charge in [0.2, 0.25) is 11.8 Å². The fraction of sp³-hybridized carbons (Fsp3) is 0.393. The molecule has 198 valence electrons. The predicted octanol–water partition coefficient (Wildman–Crippen LogP) is 5.72. The van der Waals surface area contributed by atoms with Crippen LogP contribution in [0.5, 0.6) is 0 Å². The SMILES string of the molecule is CCCC(=O)N[C@@H](CCCCNC(=O)OCc1ccccc1)C(=O)N(Cc1cccs1)Cc1cccs1. The summed E-state index contributed by atoms with van der Waals surface area (Å²) in [6, 6.07) is 16.9. The van der Waals surface area contributed by atoms with Gasteiger partial charge in [-0.1, -0.05) is 49.4 Å². The van der Waals surface area contributed by atoms with Crippen LogP contribution in [0.15, 0.2) is 65.4 Å². The van der Waals surface area contributed by atoms with Gasteiger partial charge >= 0.3 is 6.09 Å². The number of nitrogens with zero attached hydrogens (tertiary/aromatic N) is 1. The molecule has 0 bridgehead atoms. The summed E-state index contributed by atoms with van der Waals surface area (Å²) in [4.78, 5) is 42.1. The van der Waals surface area contributed by atoms with Gasteiger partial charge in [0.25, 0.3) is 0 Å². The van der Waals surface area contributed by atoms with E-state index in [1.165, 1.54) is 0 Å². The number of hydrogen-bond donors (Lipinski definition) is 2. The third kappa shape index (κ3) is 10.4. The van der Waals surface area contributed by atoms with Gasteiger partial charge < -0.3 is 20.3 Å². The molecule has 0 saturated carbocycles. The number of rotatable bonds is 15. The first-order valence-electron chi connectivity index (χ1n) is 12.6. The molecule has 1 aromatic carbocycles. The summed E-state index contributed by atoms with van der Waals surface area (Å²) in [7, 11) is 0. The number of nitrogens with one attached hydrogen (secondary N) is 2. The molecule has 1 atom stereocenters. The molecule has 3 amide bonds. The minimum absolute atomic E-state index is 0.0820. The lowest BCUT2D eigenvalue weighted by molar-refractivity contribution is -0.137. The van der Waals surface area contributed by atoms with E-state index < -0.39 is 12.1 Å². The Bertz CT molecular complexity index is 1040. The van der Waals surface area contributed by atoms with Crippen LogP contribution in [0.25, 0.3) is 0 Å². The molecular formula is C28H35N3O4S2. The zero-order valence-corrected chi connectivity index (χ0v) is 22.8. The number of unbranched alkanes of at least 4 members (excludes halogenated alkanes) is 1. The maximum Gasteiger partial charge on any atom is 0.407 e. The van der Waals surface area contributed by atoms with Crippen LogP contribution in [0.3, 0.4) is 0 Å². The van der Waals surface area contributed by atoms with Crippen LogP contribution >= 0.6 is 22.7 Å². The number of carbonyl (C=O) groups is 3. The number of carbonyl (C=O) groups excluding carboxylic acids is 3. The average molecular weight is 542 g/mol. The number of benzene rings is 1. The summed E-state index contributed by atoms with van der Waals surface area (Å²) < 4.78 is 5.24. The molecule has 7 nitrogen and oxygen atoms in total. The molecule has 0 aliphatic carbocycles. The number of ether oxygens (including phenoxy) is 1. The molecule has 2 heterocycles. The van der Waals surface area contributed by atoms with Gasteiger partial charge in [-0.15, -0.1) is 22.7 Å². The molecule has 0 radical (unpaired) electrons. The summed E-state index contributed by atoms with van der Waals surface area (Å²) >= 11 is 3.23. The lowest BCUT2D eigenvalue weighted by Gasteiger charge is -2.27. The van der Waals surface area contributed by atoms with Crippen molar-refractivity contribution in [3.8, 4) is 0 Å². The van der Waals surface area contributed by atoms with Gasteiger partial charge in [-0.25, -0.2) is 4.79 Å². The molecule has 0 aliphatic rings. The van der Waals surface area contributed by atoms with Crippen molar-refractivity contribution in [3.63, 3.8) is 0 Å². The molecule has 0 unspecified atom stereocenters. The Hall–Kier alpha value is -3.17. The summed E-state index contributed by atoms with van der Waals surface area (Å²) in [5.74, 6) is -0.197. The molecule has 3 rings (SSSR count). The van der Waals surface area contributed by atoms with E-state index in [1.807, 2.05) is 77.2 Å². The van der Waals surface area contributed by atoms with Crippen molar-refractivity contribution in [2.24, 2.45) is 0 Å². The van der Waals surface area contributed by atoms with Crippen molar-refractivity contribution in [3.05, 3.63) is 80.7 Å². The molecule has 0 aliphatic heterocycles. The van der Waals surface area contributed by atoms with Crippen molar-refractivity contribution in [1.29, 1.82) is 0 Å². The topological polar surface area (TPSA) is 87.7 Å². The quantitative estimate of drug-likeness (QED) is 0.241. The normalized spacial score (nSPS) is 11.5. The van der Waals surface area contributed by atoms with Crippen LogP contribution in [0, 0.1) is 0 Å². The van der Waals surface area contributed by atoms with Crippen LogP contribution < -0.4 is 10.6 Å². The summed E-state index contributed by atoms with van der Waals surface area (Å²) in [5.41, 5.74) is 0.927. The van der Waals surface area contributed by atoms with E-state index >= 15 is 0 Å². The molecule has 9 heteroatoms. The Kier molecular flexibility index (Phi) is 12.2. The van der Waals surface area contributed by atoms with Crippen molar-refractivity contribution in [2.75, 3.05) is 6.54 Å². The van der Waals surface area contributed by atoms with Crippen LogP contribution in [0.4, 0.5) is 4.79 Å². The second kappa shape index (κ2) is 15.8. The second-order valence-electron chi connectivity index (χ2n) is 8.71. The fourth-order valence-corrected chi connectivity index (χ4v) is 5.24. The standard InChI is InChI=1S/C28H35N3O4S2/c1-2-10-26(32)30-25(15-6-7-16-29-28(34)35-21-22-11-4-3-5-12-22)27(33)31(19-23-13-8-17-36-23)20-24-14-9-18-37-24/h3-5,8-9,11-14,17-18,25H,2,6-7,10,15-16,19-21H2,1H3,(H,29,34)(H,30,32)/t25-/m0/s1. The fourth-order valence-electron chi connectivity index (χ4n) is 3.80. The first-order chi connectivity index (χ1) is 18.0. The van der Waals surface area contributed by atoms with Gasteiger partial charge in [0.05, 0.1) is 13.1 Å². The minimum Gasteiger partial charge on any atom is -0.445 e. The van der Waals surface area contributed by atoms with E-state index in [-0.39, 0.29) is 18.4 Å². The maximum atomic E-state index is 13.7. The van der Waals surface area contributed by atoms with Crippen molar-refractivity contribution in [2.45, 2.75) is 64.8 Å². The van der Waals surface area contributed by atoms with E-state index in [0.717, 1.165) is 21.7 Å². The van der Waals surface area contributed by atoms with E-state index in [4.69, 9.17) is 4.74 Å². The van der Waals surface area contributed by atoms with Crippen LogP contribution in [-0.2, 0) is 34.0 Å². The minimum atomic E-state index is -0.607. The Labute approximate surface area is 226 Å². The Morgan fingerprint density at radius 3 is 2.19 bits per heavy atom. The number of hydrogen-bond acceptors (Lipinski definition) is 6. The lowest BCUT2D eigenvalue weighted by atomic mass is 10.1. The zero-order chi connectivity index (χ0) is 26.3. The Balaban J connectivity index is 1.52. The van der Waals surface area contributed by atoms with Crippen molar-refractivity contribution >= 4 is 40.6 Å². The zero-order valence-electron chi connectivity index (χ0n) is 21.2. The van der Waals surface area contributed by atoms with Gasteiger partial charge in [-0.05, 0) is 54.1 Å². The van der Waals surface area contributed by atoms with Crippen molar-refractivity contribution in [1.82, 2.24) is 15.5 Å². The summed E-state index contributed by atoms with van der Waals surface area (Å²) in [5, 5.41) is 9.72. The van der Waals surface area contributed by atoms with Gasteiger partial charge in [0, 0.05) is 22.7 Å². The summed E-state index contributed by atoms with van der Waals surface area (Å²) in [6.07, 6.45) is 2.48. The molecule has 37 heavy (non-hydrogen) atoms. The third-order valence-corrected chi connectivity index (χ3v) is 7.40. The molecule has 2 aromatic heterocycles. The highest BCUT2D eigenvalue weighted by atomic mass is 32.1. The molecule has 2 N–H and O–H groups in total. The number of amides is 3. The molecule has 0 spiro atoms. The second-order valence-corrected chi connectivity index (χ2v) is 10.8. The number of alkyl carbamates (subject to hydrolysis) is 1. The van der Waals surface area contributed by atoms with E-state index in [2.05, 4.69) is 10.6 Å². The Morgan fingerprint density at radius 1 is 0.919 bits per heavy atom. The summed E-state index contributed by atoms with van der Waals surface area (Å²) in [6.45, 7) is 3.61. The maximum absolute atomic E-state index is 13.7. The lowest BCUT2D eigenvalue weighted by Crippen LogP contribution is -2.48. The highest BCUT2D eigenvalue weighted by molar-refractivity contribution is 7.10. The van der Waals surface area contributed by atoms with Gasteiger partial charge in [-0.3, -0.25) is 9.59 Å². The van der Waals surface area contributed by atoms with Crippen molar-refractivity contribution < 1.29 is 19.1 Å². The molecule has 3 aromatic rings.